The highest BCUT2D eigenvalue weighted by molar-refractivity contribution is 7.47. The van der Waals surface area contributed by atoms with Crippen LogP contribution in [0, 0.1) is 0 Å². The molecular weight excluding hydrogens is 1260 g/mol. The molecule has 546 valence electrons. The van der Waals surface area contributed by atoms with Crippen LogP contribution < -0.4 is 0 Å². The molecule has 0 amide bonds. The van der Waals surface area contributed by atoms with E-state index >= 15 is 0 Å². The third-order valence-electron chi connectivity index (χ3n) is 14.3. The normalized spacial score (nSPS) is 14.9. The van der Waals surface area contributed by atoms with Crippen LogP contribution in [0.3, 0.4) is 0 Å². The zero-order chi connectivity index (χ0) is 70.4. The third kappa shape index (κ3) is 67.5. The van der Waals surface area contributed by atoms with Gasteiger partial charge in [-0.05, 0) is 128 Å². The van der Waals surface area contributed by atoms with Gasteiger partial charge in [0.15, 0.2) is 12.2 Å². The van der Waals surface area contributed by atoms with Crippen LogP contribution in [-0.2, 0) is 65.4 Å². The first kappa shape index (κ1) is 90.9. The quantitative estimate of drug-likeness (QED) is 0.0169. The van der Waals surface area contributed by atoms with Crippen LogP contribution in [-0.4, -0.2) is 96.7 Å². The van der Waals surface area contributed by atoms with E-state index in [1.54, 1.807) is 12.2 Å². The number of rotatable bonds is 66. The number of hydrogen-bond acceptors (Lipinski definition) is 15. The molecule has 0 aliphatic rings. The minimum Gasteiger partial charge on any atom is -0.461 e. The second kappa shape index (κ2) is 68.5. The highest BCUT2D eigenvalue weighted by atomic mass is 31.2. The molecule has 0 fully saturated rings. The number of carbonyl (C=O) groups is 4. The average molecular weight is 1390 g/mol. The number of aliphatic hydroxyl groups excluding tert-OH is 1. The fourth-order valence-electron chi connectivity index (χ4n) is 8.88. The summed E-state index contributed by atoms with van der Waals surface area (Å²) >= 11 is 0. The van der Waals surface area contributed by atoms with Crippen molar-refractivity contribution in [2.24, 2.45) is 0 Å². The van der Waals surface area contributed by atoms with E-state index in [0.29, 0.717) is 25.7 Å². The number of carbonyl (C=O) groups excluding carboxylic acids is 4. The maximum absolute atomic E-state index is 13.0. The molecule has 0 radical (unpaired) electrons. The Hall–Kier alpha value is -5.06. The van der Waals surface area contributed by atoms with Gasteiger partial charge in [0.25, 0.3) is 0 Å². The van der Waals surface area contributed by atoms with E-state index in [9.17, 15) is 43.2 Å². The summed E-state index contributed by atoms with van der Waals surface area (Å²) in [7, 11) is -10.0. The second-order valence-electron chi connectivity index (χ2n) is 23.4. The molecule has 0 aromatic heterocycles. The van der Waals surface area contributed by atoms with E-state index in [4.69, 9.17) is 37.0 Å². The van der Waals surface area contributed by atoms with Crippen molar-refractivity contribution in [1.82, 2.24) is 0 Å². The number of phosphoric acid groups is 2. The molecule has 19 heteroatoms. The Balaban J connectivity index is 5.49. The van der Waals surface area contributed by atoms with Gasteiger partial charge < -0.3 is 33.8 Å². The number of unbranched alkanes of at least 4 members (excludes halogenated alkanes) is 18. The van der Waals surface area contributed by atoms with Gasteiger partial charge in [0.1, 0.15) is 19.3 Å². The van der Waals surface area contributed by atoms with Crippen molar-refractivity contribution in [2.45, 2.75) is 277 Å². The number of esters is 4. The molecule has 3 N–H and O–H groups in total. The Morgan fingerprint density at radius 1 is 0.312 bits per heavy atom. The maximum Gasteiger partial charge on any atom is 0.472 e. The van der Waals surface area contributed by atoms with Crippen molar-refractivity contribution >= 4 is 39.5 Å². The SMILES string of the molecule is CC/C=C\C/C=C\C/C=C\C/C=C\C/C=C\CC(=O)OCC(COP(=O)(O)OCC(O)COP(=O)(O)OCC(COC(=O)C/C=C\C/C=C\C/C=C\C/C=C\C/C=C\CC)OC(=O)CCCCCCC/C=C\CCCCCC)OC(=O)CCCCCCC/C=C\CCCCCC. The van der Waals surface area contributed by atoms with Crippen LogP contribution in [0.1, 0.15) is 259 Å². The summed E-state index contributed by atoms with van der Waals surface area (Å²) in [5.74, 6) is -2.50. The van der Waals surface area contributed by atoms with E-state index in [2.05, 4.69) is 125 Å². The highest BCUT2D eigenvalue weighted by Gasteiger charge is 2.30. The third-order valence-corrected chi connectivity index (χ3v) is 16.2. The average Bonchev–Trinajstić information content (AvgIpc) is 1.14. The van der Waals surface area contributed by atoms with E-state index < -0.39 is 97.5 Å². The molecule has 0 aliphatic heterocycles. The van der Waals surface area contributed by atoms with E-state index in [-0.39, 0.29) is 25.7 Å². The molecule has 4 atom stereocenters. The van der Waals surface area contributed by atoms with E-state index in [1.807, 2.05) is 36.5 Å². The van der Waals surface area contributed by atoms with Crippen molar-refractivity contribution in [3.8, 4) is 0 Å². The Labute approximate surface area is 579 Å². The molecule has 0 bridgehead atoms. The summed E-state index contributed by atoms with van der Waals surface area (Å²) in [5.41, 5.74) is 0. The topological polar surface area (TPSA) is 237 Å². The van der Waals surface area contributed by atoms with Gasteiger partial charge in [-0.2, -0.15) is 0 Å². The van der Waals surface area contributed by atoms with Crippen molar-refractivity contribution < 1.29 is 80.2 Å². The minimum atomic E-state index is -5.00. The Morgan fingerprint density at radius 3 is 0.875 bits per heavy atom. The summed E-state index contributed by atoms with van der Waals surface area (Å²) in [5, 5.41) is 10.6. The zero-order valence-corrected chi connectivity index (χ0v) is 61.0. The first-order chi connectivity index (χ1) is 46.7. The number of aliphatic hydroxyl groups is 1. The lowest BCUT2D eigenvalue weighted by atomic mass is 10.1. The van der Waals surface area contributed by atoms with Crippen molar-refractivity contribution in [1.29, 1.82) is 0 Å². The summed E-state index contributed by atoms with van der Waals surface area (Å²) in [6.07, 6.45) is 76.3. The first-order valence-electron chi connectivity index (χ1n) is 36.1. The lowest BCUT2D eigenvalue weighted by molar-refractivity contribution is -0.161. The van der Waals surface area contributed by atoms with Crippen LogP contribution in [0.4, 0.5) is 0 Å². The second-order valence-corrected chi connectivity index (χ2v) is 26.3. The van der Waals surface area contributed by atoms with Crippen LogP contribution in [0.5, 0.6) is 0 Å². The summed E-state index contributed by atoms with van der Waals surface area (Å²) in [4.78, 5) is 72.5. The Kier molecular flexibility index (Phi) is 64.9. The lowest BCUT2D eigenvalue weighted by Crippen LogP contribution is -2.30. The summed E-state index contributed by atoms with van der Waals surface area (Å²) in [6, 6.07) is 0. The molecule has 0 aromatic carbocycles. The van der Waals surface area contributed by atoms with Crippen LogP contribution in [0.15, 0.2) is 146 Å². The van der Waals surface area contributed by atoms with Gasteiger partial charge >= 0.3 is 39.5 Å². The van der Waals surface area contributed by atoms with E-state index in [1.165, 1.54) is 51.4 Å². The number of hydrogen-bond donors (Lipinski definition) is 3. The molecule has 0 spiro atoms. The predicted molar refractivity (Wildman–Crippen MR) is 390 cm³/mol. The molecule has 0 rings (SSSR count). The molecule has 17 nitrogen and oxygen atoms in total. The van der Waals surface area contributed by atoms with Crippen molar-refractivity contribution in [3.05, 3.63) is 146 Å². The van der Waals surface area contributed by atoms with Gasteiger partial charge in [-0.1, -0.05) is 251 Å². The molecule has 0 aliphatic carbocycles. The van der Waals surface area contributed by atoms with Crippen molar-refractivity contribution in [2.75, 3.05) is 39.6 Å². The molecule has 4 unspecified atom stereocenters. The smallest absolute Gasteiger partial charge is 0.461 e. The van der Waals surface area contributed by atoms with Crippen molar-refractivity contribution in [3.63, 3.8) is 0 Å². The molecule has 0 heterocycles. The van der Waals surface area contributed by atoms with E-state index in [0.717, 1.165) is 128 Å². The summed E-state index contributed by atoms with van der Waals surface area (Å²) < 4.78 is 68.0. The van der Waals surface area contributed by atoms with Gasteiger partial charge in [-0.15, -0.1) is 0 Å². The lowest BCUT2D eigenvalue weighted by Gasteiger charge is -2.21. The monoisotopic (exact) mass is 1380 g/mol. The largest absolute Gasteiger partial charge is 0.472 e. The maximum atomic E-state index is 13.0. The molecule has 0 saturated carbocycles. The highest BCUT2D eigenvalue weighted by Crippen LogP contribution is 2.45. The van der Waals surface area contributed by atoms with Crippen LogP contribution >= 0.6 is 15.6 Å². The van der Waals surface area contributed by atoms with Gasteiger partial charge in [0.2, 0.25) is 0 Å². The number of phosphoric ester groups is 2. The molecule has 96 heavy (non-hydrogen) atoms. The first-order valence-corrected chi connectivity index (χ1v) is 39.1. The van der Waals surface area contributed by atoms with Crippen LogP contribution in [0.25, 0.3) is 0 Å². The van der Waals surface area contributed by atoms with Gasteiger partial charge in [0, 0.05) is 12.8 Å². The molecule has 0 saturated heterocycles. The predicted octanol–water partition coefficient (Wildman–Crippen LogP) is 20.3. The van der Waals surface area contributed by atoms with Gasteiger partial charge in [-0.25, -0.2) is 9.13 Å². The van der Waals surface area contributed by atoms with Crippen LogP contribution in [0.2, 0.25) is 0 Å². The Bertz CT molecular complexity index is 2240. The molecular formula is C77H126O17P2. The fraction of sp³-hybridized carbons (Fsp3) is 0.636. The van der Waals surface area contributed by atoms with Gasteiger partial charge in [-0.3, -0.25) is 37.3 Å². The van der Waals surface area contributed by atoms with Gasteiger partial charge in [0.05, 0.1) is 39.3 Å². The standard InChI is InChI=1S/C77H126O17P2/c1-5-9-13-17-21-25-29-33-35-39-41-45-49-53-57-61-74(79)87-67-72(93-76(81)63-59-55-51-47-43-37-31-27-23-19-15-11-7-3)69-91-95(83,84)89-65-71(78)66-90-96(85,86)92-70-73(94-77(82)64-60-56-52-48-44-38-32-28-24-20-16-12-8-4)68-88-75(80)62-58-54-50-46-42-40-36-34-30-26-22-18-14-10-6-2/h9-10,13-14,21-22,25-28,31-36,41-42,45-46,53-54,57-58,71-73,78H,5-8,11-12,15-20,23-24,29-30,37-40,43-44,47-52,55-56,59-70H2,1-4H3,(H,83,84)(H,85,86)/b13-9-,14-10-,25-21-,26-22-,31-27-,32-28-,35-33-,36-34-,45-41-,46-42-,57-53-,58-54-. The Morgan fingerprint density at radius 2 is 0.573 bits per heavy atom. The minimum absolute atomic E-state index is 0.0594. The number of allylic oxidation sites excluding steroid dienone is 22. The summed E-state index contributed by atoms with van der Waals surface area (Å²) in [6.45, 7) is 4.33. The molecule has 0 aromatic rings. The number of ether oxygens (including phenoxy) is 4. The fourth-order valence-corrected chi connectivity index (χ4v) is 10.5. The zero-order valence-electron chi connectivity index (χ0n) is 59.2.